The monoisotopic (exact) mass is 489 g/mol. The molecule has 202 valence electrons. The molecule has 0 heterocycles. The molecule has 0 radical (unpaired) electrons. The van der Waals surface area contributed by atoms with Crippen molar-refractivity contribution in [2.45, 2.75) is 142 Å². The fraction of sp³-hybridized carbons (Fsp3) is 0.774. The molecule has 1 rings (SSSR count). The lowest BCUT2D eigenvalue weighted by molar-refractivity contribution is -0.124. The molecule has 0 aliphatic heterocycles. The molecule has 0 bridgehead atoms. The van der Waals surface area contributed by atoms with Crippen LogP contribution in [0.2, 0.25) is 0 Å². The molecule has 4 heteroatoms. The van der Waals surface area contributed by atoms with Gasteiger partial charge in [0, 0.05) is 13.2 Å². The summed E-state index contributed by atoms with van der Waals surface area (Å²) < 4.78 is 6.19. The van der Waals surface area contributed by atoms with Crippen molar-refractivity contribution in [1.29, 1.82) is 0 Å². The molecule has 0 fully saturated rings. The zero-order valence-electron chi connectivity index (χ0n) is 22.8. The summed E-state index contributed by atoms with van der Waals surface area (Å²) >= 11 is 0. The van der Waals surface area contributed by atoms with Gasteiger partial charge in [-0.25, -0.2) is 0 Å². The van der Waals surface area contributed by atoms with E-state index in [1.54, 1.807) is 0 Å². The zero-order valence-corrected chi connectivity index (χ0v) is 22.8. The van der Waals surface area contributed by atoms with Crippen molar-refractivity contribution < 1.29 is 14.6 Å². The van der Waals surface area contributed by atoms with E-state index < -0.39 is 0 Å². The Morgan fingerprint density at radius 3 is 1.91 bits per heavy atom. The second-order valence-electron chi connectivity index (χ2n) is 10.1. The van der Waals surface area contributed by atoms with Crippen molar-refractivity contribution >= 4 is 5.91 Å². The third-order valence-electron chi connectivity index (χ3n) is 6.78. The molecular weight excluding hydrogens is 434 g/mol. The number of hydrogen-bond acceptors (Lipinski definition) is 3. The Hall–Kier alpha value is -1.39. The van der Waals surface area contributed by atoms with E-state index in [4.69, 9.17) is 9.84 Å². The van der Waals surface area contributed by atoms with Gasteiger partial charge in [-0.2, -0.15) is 0 Å². The topological polar surface area (TPSA) is 58.6 Å². The van der Waals surface area contributed by atoms with Crippen LogP contribution in [0, 0.1) is 0 Å². The molecule has 0 unspecified atom stereocenters. The van der Waals surface area contributed by atoms with Gasteiger partial charge in [0.2, 0.25) is 5.91 Å². The Balaban J connectivity index is 2.20. The van der Waals surface area contributed by atoms with Crippen molar-refractivity contribution in [2.75, 3.05) is 13.2 Å². The number of aliphatic hydroxyl groups is 1. The first kappa shape index (κ1) is 31.6. The highest BCUT2D eigenvalue weighted by atomic mass is 16.5. The van der Waals surface area contributed by atoms with Crippen molar-refractivity contribution in [2.24, 2.45) is 0 Å². The summed E-state index contributed by atoms with van der Waals surface area (Å²) in [5, 5.41) is 11.9. The lowest BCUT2D eigenvalue weighted by Gasteiger charge is -2.18. The first-order valence-corrected chi connectivity index (χ1v) is 14.8. The van der Waals surface area contributed by atoms with Crippen LogP contribution in [0.5, 0.6) is 0 Å². The van der Waals surface area contributed by atoms with Crippen LogP contribution in [0.25, 0.3) is 0 Å². The second kappa shape index (κ2) is 24.3. The number of unbranched alkanes of at least 4 members (excludes halogenated alkanes) is 15. The van der Waals surface area contributed by atoms with Crippen molar-refractivity contribution in [3.63, 3.8) is 0 Å². The van der Waals surface area contributed by atoms with Crippen molar-refractivity contribution in [1.82, 2.24) is 5.32 Å². The predicted octanol–water partition coefficient (Wildman–Crippen LogP) is 8.11. The molecule has 0 saturated carbocycles. The Morgan fingerprint density at radius 2 is 1.31 bits per heavy atom. The number of carbonyl (C=O) groups excluding carboxylic acids is 1. The van der Waals surface area contributed by atoms with E-state index in [1.165, 1.54) is 89.0 Å². The number of rotatable bonds is 25. The van der Waals surface area contributed by atoms with E-state index in [2.05, 4.69) is 24.4 Å². The minimum Gasteiger partial charge on any atom is -0.396 e. The number of ether oxygens (including phenoxy) is 1. The molecule has 0 aliphatic rings. The first-order valence-electron chi connectivity index (χ1n) is 14.8. The number of benzene rings is 1. The smallest absolute Gasteiger partial charge is 0.222 e. The normalized spacial score (nSPS) is 12.1. The molecule has 1 aromatic rings. The number of amides is 1. The van der Waals surface area contributed by atoms with Gasteiger partial charge >= 0.3 is 0 Å². The van der Waals surface area contributed by atoms with E-state index in [9.17, 15) is 4.79 Å². The molecule has 0 spiro atoms. The standard InChI is InChI=1S/C31H55NO3/c1-2-3-4-5-6-7-10-13-19-24-30(35-28-29-22-17-16-18-23-29)27-31(34)32-25-20-14-11-8-9-12-15-21-26-33/h16-18,22-23,30,33H,2-15,19-21,24-28H2,1H3,(H,32,34)/t30-/m1/s1. The maximum Gasteiger partial charge on any atom is 0.222 e. The van der Waals surface area contributed by atoms with Crippen molar-refractivity contribution in [3.8, 4) is 0 Å². The number of nitrogens with one attached hydrogen (secondary N) is 1. The maximum atomic E-state index is 12.5. The molecule has 1 aromatic carbocycles. The van der Waals surface area contributed by atoms with E-state index >= 15 is 0 Å². The first-order chi connectivity index (χ1) is 17.3. The summed E-state index contributed by atoms with van der Waals surface area (Å²) in [7, 11) is 0. The summed E-state index contributed by atoms with van der Waals surface area (Å²) in [4.78, 5) is 12.5. The predicted molar refractivity (Wildman–Crippen MR) is 149 cm³/mol. The summed E-state index contributed by atoms with van der Waals surface area (Å²) in [5.41, 5.74) is 1.17. The van der Waals surface area contributed by atoms with Crippen LogP contribution in [0.1, 0.15) is 134 Å². The number of aliphatic hydroxyl groups excluding tert-OH is 1. The van der Waals surface area contributed by atoms with Crippen LogP contribution in [0.3, 0.4) is 0 Å². The van der Waals surface area contributed by atoms with Gasteiger partial charge in [0.05, 0.1) is 19.1 Å². The Kier molecular flexibility index (Phi) is 22.0. The third kappa shape index (κ3) is 20.5. The highest BCUT2D eigenvalue weighted by Gasteiger charge is 2.14. The maximum absolute atomic E-state index is 12.5. The van der Waals surface area contributed by atoms with Gasteiger partial charge in [0.1, 0.15) is 0 Å². The minimum absolute atomic E-state index is 0.00122. The van der Waals surface area contributed by atoms with Crippen LogP contribution in [-0.2, 0) is 16.1 Å². The molecular formula is C31H55NO3. The van der Waals surface area contributed by atoms with E-state index in [0.717, 1.165) is 38.6 Å². The average Bonchev–Trinajstić information content (AvgIpc) is 2.87. The molecule has 35 heavy (non-hydrogen) atoms. The van der Waals surface area contributed by atoms with Crippen LogP contribution < -0.4 is 5.32 Å². The van der Waals surface area contributed by atoms with Gasteiger partial charge in [-0.15, -0.1) is 0 Å². The Labute approximate surface area is 216 Å². The second-order valence-corrected chi connectivity index (χ2v) is 10.1. The van der Waals surface area contributed by atoms with Crippen LogP contribution in [-0.4, -0.2) is 30.3 Å². The zero-order chi connectivity index (χ0) is 25.2. The van der Waals surface area contributed by atoms with Crippen molar-refractivity contribution in [3.05, 3.63) is 35.9 Å². The van der Waals surface area contributed by atoms with Crippen LogP contribution in [0.4, 0.5) is 0 Å². The summed E-state index contributed by atoms with van der Waals surface area (Å²) in [6.07, 6.45) is 22.5. The number of carbonyl (C=O) groups is 1. The molecule has 0 aromatic heterocycles. The van der Waals surface area contributed by atoms with E-state index in [1.807, 2.05) is 18.2 Å². The van der Waals surface area contributed by atoms with Crippen LogP contribution in [0.15, 0.2) is 30.3 Å². The van der Waals surface area contributed by atoms with Gasteiger partial charge in [-0.3, -0.25) is 4.79 Å². The fourth-order valence-electron chi connectivity index (χ4n) is 4.52. The van der Waals surface area contributed by atoms with E-state index in [-0.39, 0.29) is 12.0 Å². The molecule has 4 nitrogen and oxygen atoms in total. The third-order valence-corrected chi connectivity index (χ3v) is 6.78. The summed E-state index contributed by atoms with van der Waals surface area (Å²) in [6, 6.07) is 10.3. The van der Waals surface area contributed by atoms with E-state index in [0.29, 0.717) is 19.6 Å². The molecule has 0 aliphatic carbocycles. The van der Waals surface area contributed by atoms with Gasteiger partial charge < -0.3 is 15.2 Å². The molecule has 0 saturated heterocycles. The van der Waals surface area contributed by atoms with Gasteiger partial charge in [0.15, 0.2) is 0 Å². The SMILES string of the molecule is CCCCCCCCCCC[C@H](CC(=O)NCCCCCCCCCCO)OCc1ccccc1. The molecule has 2 N–H and O–H groups in total. The lowest BCUT2D eigenvalue weighted by atomic mass is 10.0. The average molecular weight is 490 g/mol. The summed E-state index contributed by atoms with van der Waals surface area (Å²) in [6.45, 7) is 3.93. The Bertz CT molecular complexity index is 578. The summed E-state index contributed by atoms with van der Waals surface area (Å²) in [5.74, 6) is 0.128. The molecule has 1 atom stereocenters. The minimum atomic E-state index is -0.00122. The molecule has 1 amide bonds. The van der Waals surface area contributed by atoms with Gasteiger partial charge in [-0.05, 0) is 24.8 Å². The Morgan fingerprint density at radius 1 is 0.771 bits per heavy atom. The number of hydrogen-bond donors (Lipinski definition) is 2. The largest absolute Gasteiger partial charge is 0.396 e. The van der Waals surface area contributed by atoms with Gasteiger partial charge in [0.25, 0.3) is 0 Å². The highest BCUT2D eigenvalue weighted by Crippen LogP contribution is 2.16. The van der Waals surface area contributed by atoms with Gasteiger partial charge in [-0.1, -0.05) is 134 Å². The fourth-order valence-corrected chi connectivity index (χ4v) is 4.52. The lowest BCUT2D eigenvalue weighted by Crippen LogP contribution is -2.29. The quantitative estimate of drug-likeness (QED) is 0.136. The highest BCUT2D eigenvalue weighted by molar-refractivity contribution is 5.76. The van der Waals surface area contributed by atoms with Crippen LogP contribution >= 0.6 is 0 Å².